The molecule has 1 amide bonds. The maximum absolute atomic E-state index is 12.4. The maximum Gasteiger partial charge on any atom is 0.272 e. The third-order valence-electron chi connectivity index (χ3n) is 3.75. The first-order valence-electron chi connectivity index (χ1n) is 7.08. The lowest BCUT2D eigenvalue weighted by Gasteiger charge is -2.25. The molecule has 1 aliphatic rings. The topological polar surface area (TPSA) is 46.1 Å². The predicted octanol–water partition coefficient (Wildman–Crippen LogP) is 2.66. The van der Waals surface area contributed by atoms with Crippen molar-refractivity contribution in [2.24, 2.45) is 0 Å². The minimum atomic E-state index is -0.0419. The average molecular weight is 269 g/mol. The van der Waals surface area contributed by atoms with E-state index >= 15 is 0 Å². The highest BCUT2D eigenvalue weighted by Gasteiger charge is 2.19. The number of anilines is 1. The number of amides is 1. The van der Waals surface area contributed by atoms with Crippen molar-refractivity contribution in [1.29, 1.82) is 0 Å². The average Bonchev–Trinajstić information content (AvgIpc) is 2.99. The van der Waals surface area contributed by atoms with E-state index in [9.17, 15) is 4.79 Å². The van der Waals surface area contributed by atoms with Gasteiger partial charge in [0.2, 0.25) is 0 Å². The normalized spacial score (nSPS) is 16.0. The van der Waals surface area contributed by atoms with Crippen LogP contribution < -0.4 is 10.6 Å². The fourth-order valence-corrected chi connectivity index (χ4v) is 2.71. The van der Waals surface area contributed by atoms with Crippen LogP contribution in [0.3, 0.4) is 0 Å². The van der Waals surface area contributed by atoms with Crippen molar-refractivity contribution in [3.63, 3.8) is 0 Å². The van der Waals surface area contributed by atoms with Gasteiger partial charge in [-0.05, 0) is 50.2 Å². The van der Waals surface area contributed by atoms with Crippen molar-refractivity contribution in [2.75, 3.05) is 18.4 Å². The summed E-state index contributed by atoms with van der Waals surface area (Å²) in [6.07, 6.45) is 4.15. The molecule has 1 saturated heterocycles. The van der Waals surface area contributed by atoms with Gasteiger partial charge in [-0.25, -0.2) is 0 Å². The van der Waals surface area contributed by atoms with Gasteiger partial charge in [0, 0.05) is 17.9 Å². The molecule has 0 atom stereocenters. The maximum atomic E-state index is 12.4. The highest BCUT2D eigenvalue weighted by Crippen LogP contribution is 2.21. The monoisotopic (exact) mass is 269 g/mol. The van der Waals surface area contributed by atoms with Gasteiger partial charge in [0.15, 0.2) is 0 Å². The van der Waals surface area contributed by atoms with E-state index in [1.165, 1.54) is 0 Å². The first kappa shape index (κ1) is 12.9. The van der Waals surface area contributed by atoms with E-state index in [-0.39, 0.29) is 5.91 Å². The van der Waals surface area contributed by atoms with Crippen LogP contribution in [0.4, 0.5) is 5.69 Å². The van der Waals surface area contributed by atoms with Crippen molar-refractivity contribution >= 4 is 11.6 Å². The summed E-state index contributed by atoms with van der Waals surface area (Å²) in [4.78, 5) is 12.4. The predicted molar refractivity (Wildman–Crippen MR) is 80.0 cm³/mol. The van der Waals surface area contributed by atoms with E-state index in [4.69, 9.17) is 0 Å². The Morgan fingerprint density at radius 1 is 1.10 bits per heavy atom. The van der Waals surface area contributed by atoms with Crippen LogP contribution in [-0.2, 0) is 0 Å². The molecule has 0 spiro atoms. The standard InChI is InChI=1S/C16H19N3O/c20-16(18-13-5-2-1-3-6-13)15-7-4-12-19(15)14-8-10-17-11-9-14/h1-7,12,14,17H,8-11H2,(H,18,20). The Morgan fingerprint density at radius 3 is 2.60 bits per heavy atom. The van der Waals surface area contributed by atoms with Crippen LogP contribution in [0.1, 0.15) is 29.4 Å². The molecule has 104 valence electrons. The fraction of sp³-hybridized carbons (Fsp3) is 0.312. The van der Waals surface area contributed by atoms with Crippen LogP contribution >= 0.6 is 0 Å². The lowest BCUT2D eigenvalue weighted by Crippen LogP contribution is -2.31. The van der Waals surface area contributed by atoms with Crippen molar-refractivity contribution in [3.05, 3.63) is 54.4 Å². The third kappa shape index (κ3) is 2.75. The SMILES string of the molecule is O=C(Nc1ccccc1)c1cccn1C1CCNCC1. The molecule has 0 saturated carbocycles. The van der Waals surface area contributed by atoms with Crippen LogP contribution in [0.25, 0.3) is 0 Å². The van der Waals surface area contributed by atoms with Gasteiger partial charge in [0.05, 0.1) is 0 Å². The van der Waals surface area contributed by atoms with Gasteiger partial charge in [-0.3, -0.25) is 4.79 Å². The van der Waals surface area contributed by atoms with E-state index in [0.717, 1.165) is 37.3 Å². The Morgan fingerprint density at radius 2 is 1.85 bits per heavy atom. The summed E-state index contributed by atoms with van der Waals surface area (Å²) in [5.41, 5.74) is 1.57. The molecular formula is C16H19N3O. The number of rotatable bonds is 3. The number of hydrogen-bond donors (Lipinski definition) is 2. The van der Waals surface area contributed by atoms with Gasteiger partial charge in [-0.15, -0.1) is 0 Å². The summed E-state index contributed by atoms with van der Waals surface area (Å²) in [7, 11) is 0. The molecule has 1 aromatic heterocycles. The molecule has 2 heterocycles. The number of benzene rings is 1. The third-order valence-corrected chi connectivity index (χ3v) is 3.75. The van der Waals surface area contributed by atoms with Gasteiger partial charge in [-0.1, -0.05) is 18.2 Å². The molecule has 4 nitrogen and oxygen atoms in total. The van der Waals surface area contributed by atoms with Gasteiger partial charge in [-0.2, -0.15) is 0 Å². The first-order chi connectivity index (χ1) is 9.84. The zero-order valence-corrected chi connectivity index (χ0v) is 11.4. The Balaban J connectivity index is 1.77. The number of nitrogens with one attached hydrogen (secondary N) is 2. The number of para-hydroxylation sites is 1. The van der Waals surface area contributed by atoms with Gasteiger partial charge in [0.25, 0.3) is 5.91 Å². The van der Waals surface area contributed by atoms with E-state index < -0.39 is 0 Å². The number of aromatic nitrogens is 1. The van der Waals surface area contributed by atoms with E-state index in [1.807, 2.05) is 48.7 Å². The Labute approximate surface area is 118 Å². The second-order valence-corrected chi connectivity index (χ2v) is 5.10. The van der Waals surface area contributed by atoms with Crippen molar-refractivity contribution in [1.82, 2.24) is 9.88 Å². The van der Waals surface area contributed by atoms with Crippen LogP contribution in [0, 0.1) is 0 Å². The molecular weight excluding hydrogens is 250 g/mol. The zero-order chi connectivity index (χ0) is 13.8. The quantitative estimate of drug-likeness (QED) is 0.900. The smallest absolute Gasteiger partial charge is 0.272 e. The van der Waals surface area contributed by atoms with Crippen molar-refractivity contribution in [3.8, 4) is 0 Å². The fourth-order valence-electron chi connectivity index (χ4n) is 2.71. The second kappa shape index (κ2) is 5.92. The molecule has 0 unspecified atom stereocenters. The molecule has 3 rings (SSSR count). The molecule has 2 N–H and O–H groups in total. The van der Waals surface area contributed by atoms with Gasteiger partial charge >= 0.3 is 0 Å². The summed E-state index contributed by atoms with van der Waals surface area (Å²) in [5, 5.41) is 6.30. The molecule has 1 aromatic carbocycles. The molecule has 0 radical (unpaired) electrons. The Hall–Kier alpha value is -2.07. The lowest BCUT2D eigenvalue weighted by atomic mass is 10.1. The lowest BCUT2D eigenvalue weighted by molar-refractivity contribution is 0.101. The molecule has 1 fully saturated rings. The van der Waals surface area contributed by atoms with Crippen LogP contribution in [0.2, 0.25) is 0 Å². The Kier molecular flexibility index (Phi) is 3.83. The molecule has 0 aliphatic carbocycles. The summed E-state index contributed by atoms with van der Waals surface area (Å²) >= 11 is 0. The number of carbonyl (C=O) groups excluding carboxylic acids is 1. The van der Waals surface area contributed by atoms with E-state index in [0.29, 0.717) is 6.04 Å². The van der Waals surface area contributed by atoms with Crippen molar-refractivity contribution < 1.29 is 4.79 Å². The van der Waals surface area contributed by atoms with E-state index in [1.54, 1.807) is 0 Å². The van der Waals surface area contributed by atoms with Crippen LogP contribution in [0.15, 0.2) is 48.7 Å². The van der Waals surface area contributed by atoms with E-state index in [2.05, 4.69) is 15.2 Å². The second-order valence-electron chi connectivity index (χ2n) is 5.10. The zero-order valence-electron chi connectivity index (χ0n) is 11.4. The largest absolute Gasteiger partial charge is 0.340 e. The molecule has 0 bridgehead atoms. The highest BCUT2D eigenvalue weighted by atomic mass is 16.1. The summed E-state index contributed by atoms with van der Waals surface area (Å²) in [6, 6.07) is 13.8. The highest BCUT2D eigenvalue weighted by molar-refractivity contribution is 6.03. The molecule has 4 heteroatoms. The van der Waals surface area contributed by atoms with Crippen molar-refractivity contribution in [2.45, 2.75) is 18.9 Å². The minimum Gasteiger partial charge on any atom is -0.340 e. The summed E-state index contributed by atoms with van der Waals surface area (Å²) < 4.78 is 2.11. The van der Waals surface area contributed by atoms with Crippen LogP contribution in [-0.4, -0.2) is 23.6 Å². The Bertz CT molecular complexity index is 570. The number of nitrogens with zero attached hydrogens (tertiary/aromatic N) is 1. The molecule has 1 aliphatic heterocycles. The summed E-state index contributed by atoms with van der Waals surface area (Å²) in [6.45, 7) is 2.03. The van der Waals surface area contributed by atoms with Gasteiger partial charge < -0.3 is 15.2 Å². The first-order valence-corrected chi connectivity index (χ1v) is 7.08. The minimum absolute atomic E-state index is 0.0419. The number of piperidine rings is 1. The van der Waals surface area contributed by atoms with Gasteiger partial charge in [0.1, 0.15) is 5.69 Å². The molecule has 2 aromatic rings. The van der Waals surface area contributed by atoms with Crippen LogP contribution in [0.5, 0.6) is 0 Å². The summed E-state index contributed by atoms with van der Waals surface area (Å²) in [5.74, 6) is -0.0419. The number of carbonyl (C=O) groups is 1. The molecule has 20 heavy (non-hydrogen) atoms. The number of hydrogen-bond acceptors (Lipinski definition) is 2.